The van der Waals surface area contributed by atoms with Crippen molar-refractivity contribution in [3.05, 3.63) is 29.3 Å². The molecule has 0 aliphatic carbocycles. The van der Waals surface area contributed by atoms with Crippen LogP contribution in [-0.4, -0.2) is 42.8 Å². The monoisotopic (exact) mass is 310 g/mol. The number of anilines is 1. The number of carbonyl (C=O) groups is 1. The number of carbonyl (C=O) groups excluding carboxylic acids is 1. The van der Waals surface area contributed by atoms with Crippen molar-refractivity contribution in [2.24, 2.45) is 5.73 Å². The van der Waals surface area contributed by atoms with Crippen LogP contribution in [-0.2, 0) is 15.3 Å². The Labute approximate surface area is 128 Å². The SMILES string of the molecule is CO[Si](C)(CCCc1cc(N(C)C)ccc1C(N)=O)OC. The van der Waals surface area contributed by atoms with E-state index in [-0.39, 0.29) is 5.91 Å². The predicted octanol–water partition coefficient (Wildman–Crippen LogP) is 2.15. The van der Waals surface area contributed by atoms with Gasteiger partial charge < -0.3 is 19.5 Å². The molecule has 0 fully saturated rings. The first-order valence-electron chi connectivity index (χ1n) is 7.03. The van der Waals surface area contributed by atoms with Gasteiger partial charge in [0, 0.05) is 39.6 Å². The molecular weight excluding hydrogens is 284 g/mol. The standard InChI is InChI=1S/C15H26N2O3Si/c1-17(2)13-8-9-14(15(16)18)12(11-13)7-6-10-21(5,19-3)20-4/h8-9,11H,6-7,10H2,1-5H3,(H2,16,18). The minimum atomic E-state index is -2.06. The molecule has 1 amide bonds. The Kier molecular flexibility index (Phi) is 6.38. The van der Waals surface area contributed by atoms with E-state index in [1.807, 2.05) is 37.7 Å². The van der Waals surface area contributed by atoms with Gasteiger partial charge in [-0.3, -0.25) is 4.79 Å². The molecule has 0 unspecified atom stereocenters. The van der Waals surface area contributed by atoms with Crippen molar-refractivity contribution in [2.45, 2.75) is 25.4 Å². The molecule has 1 aromatic rings. The highest BCUT2D eigenvalue weighted by molar-refractivity contribution is 6.65. The van der Waals surface area contributed by atoms with E-state index in [0.29, 0.717) is 5.56 Å². The number of amides is 1. The lowest BCUT2D eigenvalue weighted by Crippen LogP contribution is -2.35. The third-order valence-electron chi connectivity index (χ3n) is 3.81. The van der Waals surface area contributed by atoms with Gasteiger partial charge in [-0.25, -0.2) is 0 Å². The lowest BCUT2D eigenvalue weighted by molar-refractivity contribution is 0.0999. The van der Waals surface area contributed by atoms with Gasteiger partial charge in [-0.2, -0.15) is 0 Å². The number of rotatable bonds is 8. The molecule has 1 rings (SSSR count). The van der Waals surface area contributed by atoms with Gasteiger partial charge in [-0.1, -0.05) is 0 Å². The van der Waals surface area contributed by atoms with Gasteiger partial charge in [0.2, 0.25) is 5.91 Å². The molecule has 118 valence electrons. The Morgan fingerprint density at radius 1 is 1.29 bits per heavy atom. The van der Waals surface area contributed by atoms with E-state index in [4.69, 9.17) is 14.6 Å². The number of hydrogen-bond donors (Lipinski definition) is 1. The van der Waals surface area contributed by atoms with Gasteiger partial charge >= 0.3 is 8.56 Å². The van der Waals surface area contributed by atoms with Gasteiger partial charge in [0.15, 0.2) is 0 Å². The van der Waals surface area contributed by atoms with E-state index in [0.717, 1.165) is 30.1 Å². The fourth-order valence-electron chi connectivity index (χ4n) is 2.19. The second-order valence-electron chi connectivity index (χ2n) is 5.50. The molecule has 0 saturated carbocycles. The number of hydrogen-bond acceptors (Lipinski definition) is 4. The Bertz CT molecular complexity index is 488. The summed E-state index contributed by atoms with van der Waals surface area (Å²) in [6, 6.07) is 6.62. The fourth-order valence-corrected chi connectivity index (χ4v) is 3.59. The molecule has 21 heavy (non-hydrogen) atoms. The van der Waals surface area contributed by atoms with Crippen LogP contribution >= 0.6 is 0 Å². The maximum Gasteiger partial charge on any atom is 0.334 e. The van der Waals surface area contributed by atoms with E-state index in [9.17, 15) is 4.79 Å². The largest absolute Gasteiger partial charge is 0.398 e. The van der Waals surface area contributed by atoms with Crippen LogP contribution in [0.5, 0.6) is 0 Å². The zero-order valence-corrected chi connectivity index (χ0v) is 14.6. The van der Waals surface area contributed by atoms with Crippen molar-refractivity contribution in [3.8, 4) is 0 Å². The summed E-state index contributed by atoms with van der Waals surface area (Å²) in [5.74, 6) is -0.381. The molecule has 0 aliphatic heterocycles. The minimum absolute atomic E-state index is 0.381. The second-order valence-corrected chi connectivity index (χ2v) is 9.08. The van der Waals surface area contributed by atoms with Crippen molar-refractivity contribution in [3.63, 3.8) is 0 Å². The van der Waals surface area contributed by atoms with E-state index >= 15 is 0 Å². The number of aryl methyl sites for hydroxylation is 1. The Morgan fingerprint density at radius 3 is 2.38 bits per heavy atom. The summed E-state index contributed by atoms with van der Waals surface area (Å²) < 4.78 is 11.0. The van der Waals surface area contributed by atoms with E-state index in [2.05, 4.69) is 0 Å². The molecule has 0 heterocycles. The quantitative estimate of drug-likeness (QED) is 0.747. The molecule has 0 radical (unpaired) electrons. The summed E-state index contributed by atoms with van der Waals surface area (Å²) >= 11 is 0. The highest BCUT2D eigenvalue weighted by Crippen LogP contribution is 2.22. The Morgan fingerprint density at radius 2 is 1.90 bits per heavy atom. The fraction of sp³-hybridized carbons (Fsp3) is 0.533. The summed E-state index contributed by atoms with van der Waals surface area (Å²) in [6.07, 6.45) is 1.69. The maximum absolute atomic E-state index is 11.5. The molecule has 0 aliphatic rings. The first-order valence-corrected chi connectivity index (χ1v) is 9.55. The number of benzene rings is 1. The number of nitrogens with two attached hydrogens (primary N) is 1. The highest BCUT2D eigenvalue weighted by Gasteiger charge is 2.27. The summed E-state index contributed by atoms with van der Waals surface area (Å²) in [4.78, 5) is 13.6. The van der Waals surface area contributed by atoms with E-state index < -0.39 is 8.56 Å². The van der Waals surface area contributed by atoms with Crippen LogP contribution < -0.4 is 10.6 Å². The van der Waals surface area contributed by atoms with Gasteiger partial charge in [0.05, 0.1) is 0 Å². The maximum atomic E-state index is 11.5. The predicted molar refractivity (Wildman–Crippen MR) is 88.1 cm³/mol. The Hall–Kier alpha value is -1.37. The van der Waals surface area contributed by atoms with Crippen molar-refractivity contribution in [1.29, 1.82) is 0 Å². The zero-order chi connectivity index (χ0) is 16.0. The van der Waals surface area contributed by atoms with Crippen LogP contribution in [0.3, 0.4) is 0 Å². The van der Waals surface area contributed by atoms with Crippen LogP contribution in [0.2, 0.25) is 12.6 Å². The van der Waals surface area contributed by atoms with Crippen LogP contribution in [0.1, 0.15) is 22.3 Å². The molecule has 0 spiro atoms. The third-order valence-corrected chi connectivity index (χ3v) is 6.80. The molecule has 5 nitrogen and oxygen atoms in total. The number of nitrogens with zero attached hydrogens (tertiary/aromatic N) is 1. The molecule has 0 aromatic heterocycles. The Balaban J connectivity index is 2.85. The van der Waals surface area contributed by atoms with Gasteiger partial charge in [0.25, 0.3) is 0 Å². The lowest BCUT2D eigenvalue weighted by Gasteiger charge is -2.23. The molecule has 2 N–H and O–H groups in total. The molecule has 1 aromatic carbocycles. The molecule has 6 heteroatoms. The normalized spacial score (nSPS) is 11.5. The molecular formula is C15H26N2O3Si. The van der Waals surface area contributed by atoms with Crippen LogP contribution in [0.25, 0.3) is 0 Å². The van der Waals surface area contributed by atoms with E-state index in [1.165, 1.54) is 0 Å². The van der Waals surface area contributed by atoms with Crippen LogP contribution in [0.15, 0.2) is 18.2 Å². The summed E-state index contributed by atoms with van der Waals surface area (Å²) in [5, 5.41) is 0. The summed E-state index contributed by atoms with van der Waals surface area (Å²) in [6.45, 7) is 2.04. The van der Waals surface area contributed by atoms with Crippen molar-refractivity contribution >= 4 is 20.2 Å². The van der Waals surface area contributed by atoms with Crippen molar-refractivity contribution in [1.82, 2.24) is 0 Å². The third kappa shape index (κ3) is 4.84. The smallest absolute Gasteiger partial charge is 0.334 e. The van der Waals surface area contributed by atoms with Crippen LogP contribution in [0.4, 0.5) is 5.69 Å². The molecule has 0 bridgehead atoms. The first kappa shape index (κ1) is 17.7. The van der Waals surface area contributed by atoms with Crippen molar-refractivity contribution in [2.75, 3.05) is 33.2 Å². The average molecular weight is 310 g/mol. The molecule has 0 atom stereocenters. The zero-order valence-electron chi connectivity index (χ0n) is 13.6. The molecule has 0 saturated heterocycles. The topological polar surface area (TPSA) is 64.8 Å². The highest BCUT2D eigenvalue weighted by atomic mass is 28.4. The lowest BCUT2D eigenvalue weighted by atomic mass is 10.0. The minimum Gasteiger partial charge on any atom is -0.398 e. The van der Waals surface area contributed by atoms with Gasteiger partial charge in [0.1, 0.15) is 0 Å². The number of primary amides is 1. The van der Waals surface area contributed by atoms with Gasteiger partial charge in [-0.05, 0) is 49.2 Å². The van der Waals surface area contributed by atoms with Gasteiger partial charge in [-0.15, -0.1) is 0 Å². The van der Waals surface area contributed by atoms with E-state index in [1.54, 1.807) is 20.3 Å². The second kappa shape index (κ2) is 7.58. The average Bonchev–Trinajstić information content (AvgIpc) is 2.46. The summed E-state index contributed by atoms with van der Waals surface area (Å²) in [7, 11) is 5.28. The van der Waals surface area contributed by atoms with Crippen LogP contribution in [0, 0.1) is 0 Å². The van der Waals surface area contributed by atoms with Crippen molar-refractivity contribution < 1.29 is 13.6 Å². The summed E-state index contributed by atoms with van der Waals surface area (Å²) in [5.41, 5.74) is 8.10. The first-order chi connectivity index (χ1) is 9.83.